The van der Waals surface area contributed by atoms with Crippen LogP contribution in [0.1, 0.15) is 44.1 Å². The molecule has 2 aromatic rings. The normalized spacial score (nSPS) is 28.8. The molecule has 0 radical (unpaired) electrons. The molecule has 3 fully saturated rings. The van der Waals surface area contributed by atoms with Crippen molar-refractivity contribution < 1.29 is 4.79 Å². The number of rotatable bonds is 4. The molecule has 1 aliphatic heterocycles. The van der Waals surface area contributed by atoms with Crippen molar-refractivity contribution >= 4 is 11.4 Å². The number of aromatic nitrogens is 2. The molecule has 24 heavy (non-hydrogen) atoms. The van der Waals surface area contributed by atoms with Gasteiger partial charge in [0.05, 0.1) is 16.7 Å². The standard InChI is InChI=1S/C19H24N4O/c1-19(2,22-17(24)15-12-9-20-10-13(12)15)18-21-16(11-6-7-11)14-5-3-4-8-23(14)18/h3-5,8,11-13,15,20H,6-7,9-10H2,1-2H3,(H,22,24)/t12-,13+,15?. The number of nitrogens with one attached hydrogen (secondary N) is 2. The second-order valence-electron chi connectivity index (χ2n) is 8.18. The van der Waals surface area contributed by atoms with Gasteiger partial charge in [0, 0.05) is 18.0 Å². The van der Waals surface area contributed by atoms with Crippen molar-refractivity contribution in [3.8, 4) is 0 Å². The lowest BCUT2D eigenvalue weighted by Gasteiger charge is -2.25. The molecule has 5 rings (SSSR count). The van der Waals surface area contributed by atoms with Crippen molar-refractivity contribution in [1.82, 2.24) is 20.0 Å². The van der Waals surface area contributed by atoms with Gasteiger partial charge in [-0.15, -0.1) is 0 Å². The van der Waals surface area contributed by atoms with Crippen LogP contribution >= 0.6 is 0 Å². The fourth-order valence-corrected chi connectivity index (χ4v) is 4.41. The molecule has 5 heteroatoms. The highest BCUT2D eigenvalue weighted by atomic mass is 16.2. The van der Waals surface area contributed by atoms with Crippen molar-refractivity contribution in [2.75, 3.05) is 13.1 Å². The molecule has 126 valence electrons. The topological polar surface area (TPSA) is 58.4 Å². The summed E-state index contributed by atoms with van der Waals surface area (Å²) in [5.74, 6) is 3.00. The molecule has 3 heterocycles. The zero-order valence-corrected chi connectivity index (χ0v) is 14.2. The van der Waals surface area contributed by atoms with Crippen molar-refractivity contribution in [3.63, 3.8) is 0 Å². The quantitative estimate of drug-likeness (QED) is 0.905. The van der Waals surface area contributed by atoms with E-state index in [1.807, 2.05) is 6.07 Å². The van der Waals surface area contributed by atoms with Crippen LogP contribution in [0.15, 0.2) is 24.4 Å². The van der Waals surface area contributed by atoms with Crippen LogP contribution in [-0.2, 0) is 10.3 Å². The van der Waals surface area contributed by atoms with Gasteiger partial charge in [-0.2, -0.15) is 0 Å². The van der Waals surface area contributed by atoms with Crippen molar-refractivity contribution in [3.05, 3.63) is 35.9 Å². The van der Waals surface area contributed by atoms with Gasteiger partial charge in [-0.05, 0) is 63.7 Å². The van der Waals surface area contributed by atoms with Gasteiger partial charge < -0.3 is 15.0 Å². The summed E-state index contributed by atoms with van der Waals surface area (Å²) in [5.41, 5.74) is 1.91. The second kappa shape index (κ2) is 4.82. The largest absolute Gasteiger partial charge is 0.344 e. The highest BCUT2D eigenvalue weighted by molar-refractivity contribution is 5.83. The zero-order valence-electron chi connectivity index (χ0n) is 14.2. The minimum absolute atomic E-state index is 0.192. The van der Waals surface area contributed by atoms with Crippen LogP contribution in [0.2, 0.25) is 0 Å². The van der Waals surface area contributed by atoms with Gasteiger partial charge in [-0.3, -0.25) is 4.79 Å². The average molecular weight is 324 g/mol. The number of amides is 1. The number of carbonyl (C=O) groups excluding carboxylic acids is 1. The Morgan fingerprint density at radius 2 is 2.04 bits per heavy atom. The Kier molecular flexibility index (Phi) is 2.90. The summed E-state index contributed by atoms with van der Waals surface area (Å²) in [5, 5.41) is 6.63. The lowest BCUT2D eigenvalue weighted by Crippen LogP contribution is -2.44. The third-order valence-electron chi connectivity index (χ3n) is 5.93. The second-order valence-corrected chi connectivity index (χ2v) is 8.18. The molecule has 3 aliphatic rings. The van der Waals surface area contributed by atoms with Crippen LogP contribution in [0.3, 0.4) is 0 Å². The predicted octanol–water partition coefficient (Wildman–Crippen LogP) is 2.03. The Hall–Kier alpha value is -1.88. The van der Waals surface area contributed by atoms with Crippen LogP contribution in [0.4, 0.5) is 0 Å². The lowest BCUT2D eigenvalue weighted by atomic mass is 10.0. The van der Waals surface area contributed by atoms with Gasteiger partial charge in [-0.25, -0.2) is 4.98 Å². The summed E-state index contributed by atoms with van der Waals surface area (Å²) >= 11 is 0. The van der Waals surface area contributed by atoms with Gasteiger partial charge in [-0.1, -0.05) is 6.07 Å². The maximum atomic E-state index is 12.7. The summed E-state index contributed by atoms with van der Waals surface area (Å²) in [6.45, 7) is 6.11. The van der Waals surface area contributed by atoms with E-state index in [1.165, 1.54) is 24.1 Å². The summed E-state index contributed by atoms with van der Waals surface area (Å²) < 4.78 is 2.16. The van der Waals surface area contributed by atoms with Gasteiger partial charge in [0.15, 0.2) is 0 Å². The zero-order chi connectivity index (χ0) is 16.5. The van der Waals surface area contributed by atoms with Gasteiger partial charge in [0.2, 0.25) is 5.91 Å². The molecule has 2 aliphatic carbocycles. The van der Waals surface area contributed by atoms with E-state index in [0.717, 1.165) is 18.9 Å². The van der Waals surface area contributed by atoms with Crippen molar-refractivity contribution in [2.45, 2.75) is 38.1 Å². The van der Waals surface area contributed by atoms with Crippen LogP contribution in [0.25, 0.3) is 5.52 Å². The van der Waals surface area contributed by atoms with Crippen LogP contribution in [0.5, 0.6) is 0 Å². The van der Waals surface area contributed by atoms with E-state index >= 15 is 0 Å². The maximum absolute atomic E-state index is 12.7. The molecule has 2 saturated carbocycles. The summed E-state index contributed by atoms with van der Waals surface area (Å²) in [7, 11) is 0. The third-order valence-corrected chi connectivity index (χ3v) is 5.93. The Morgan fingerprint density at radius 1 is 1.29 bits per heavy atom. The Labute approximate surface area is 141 Å². The van der Waals surface area contributed by atoms with Crippen molar-refractivity contribution in [1.29, 1.82) is 0 Å². The molecule has 3 atom stereocenters. The first-order valence-corrected chi connectivity index (χ1v) is 9.06. The highest BCUT2D eigenvalue weighted by Crippen LogP contribution is 2.49. The molecule has 2 N–H and O–H groups in total. The number of carbonyl (C=O) groups is 1. The first kappa shape index (κ1) is 14.5. The van der Waals surface area contributed by atoms with E-state index < -0.39 is 5.54 Å². The predicted molar refractivity (Wildman–Crippen MR) is 91.7 cm³/mol. The molecule has 0 aromatic carbocycles. The molecular weight excluding hydrogens is 300 g/mol. The number of nitrogens with zero attached hydrogens (tertiary/aromatic N) is 2. The van der Waals surface area contributed by atoms with Crippen LogP contribution < -0.4 is 10.6 Å². The molecule has 5 nitrogen and oxygen atoms in total. The van der Waals surface area contributed by atoms with E-state index in [-0.39, 0.29) is 11.8 Å². The van der Waals surface area contributed by atoms with E-state index in [9.17, 15) is 4.79 Å². The number of piperidine rings is 1. The third kappa shape index (κ3) is 2.10. The smallest absolute Gasteiger partial charge is 0.224 e. The minimum Gasteiger partial charge on any atom is -0.344 e. The Morgan fingerprint density at radius 3 is 2.75 bits per heavy atom. The molecular formula is C19H24N4O. The fourth-order valence-electron chi connectivity index (χ4n) is 4.41. The molecule has 0 bridgehead atoms. The van der Waals surface area contributed by atoms with Crippen molar-refractivity contribution in [2.24, 2.45) is 17.8 Å². The van der Waals surface area contributed by atoms with Crippen LogP contribution in [-0.4, -0.2) is 28.4 Å². The average Bonchev–Trinajstić information content (AvgIpc) is 3.43. The number of pyridine rings is 1. The summed E-state index contributed by atoms with van der Waals surface area (Å²) in [4.78, 5) is 17.7. The van der Waals surface area contributed by atoms with E-state index in [4.69, 9.17) is 4.98 Å². The number of imidazole rings is 1. The Bertz CT molecular complexity index is 810. The van der Waals surface area contributed by atoms with Gasteiger partial charge in [0.1, 0.15) is 5.82 Å². The summed E-state index contributed by atoms with van der Waals surface area (Å²) in [6.07, 6.45) is 4.52. The molecule has 1 saturated heterocycles. The minimum atomic E-state index is -0.473. The van der Waals surface area contributed by atoms with Crippen LogP contribution in [0, 0.1) is 17.8 Å². The molecule has 0 spiro atoms. The number of fused-ring (bicyclic) bond motifs is 2. The molecule has 2 aromatic heterocycles. The fraction of sp³-hybridized carbons (Fsp3) is 0.579. The summed E-state index contributed by atoms with van der Waals surface area (Å²) in [6, 6.07) is 6.24. The van der Waals surface area contributed by atoms with E-state index in [0.29, 0.717) is 17.8 Å². The van der Waals surface area contributed by atoms with Gasteiger partial charge in [0.25, 0.3) is 0 Å². The number of hydrogen-bond acceptors (Lipinski definition) is 3. The molecule has 1 amide bonds. The monoisotopic (exact) mass is 324 g/mol. The first-order chi connectivity index (χ1) is 11.6. The first-order valence-electron chi connectivity index (χ1n) is 9.06. The highest BCUT2D eigenvalue weighted by Gasteiger charge is 2.57. The van der Waals surface area contributed by atoms with E-state index in [1.54, 1.807) is 0 Å². The van der Waals surface area contributed by atoms with Gasteiger partial charge >= 0.3 is 0 Å². The SMILES string of the molecule is CC(C)(NC(=O)C1[C@H]2CNC[C@@H]12)c1nc(C2CC2)c2ccccn12. The lowest BCUT2D eigenvalue weighted by molar-refractivity contribution is -0.124. The van der Waals surface area contributed by atoms with E-state index in [2.05, 4.69) is 47.2 Å². The molecule has 1 unspecified atom stereocenters. The number of hydrogen-bond donors (Lipinski definition) is 2. The maximum Gasteiger partial charge on any atom is 0.224 e. The Balaban J connectivity index is 1.46.